The molecule has 0 spiro atoms. The summed E-state index contributed by atoms with van der Waals surface area (Å²) in [5.41, 5.74) is 7.64. The van der Waals surface area contributed by atoms with E-state index in [2.05, 4.69) is 32.5 Å². The van der Waals surface area contributed by atoms with Gasteiger partial charge in [-0.15, -0.1) is 0 Å². The SMILES string of the molecule is C=CC(=O)Nc1cccc(Oc2nc(Nc3cccc(NC(=O)C45CCC(N)(CC4)CC5)c3)ncc2F)c1. The van der Waals surface area contributed by atoms with E-state index in [4.69, 9.17) is 10.5 Å². The maximum absolute atomic E-state index is 14.4. The van der Waals surface area contributed by atoms with Crippen molar-refractivity contribution in [1.82, 2.24) is 9.97 Å². The lowest BCUT2D eigenvalue weighted by Gasteiger charge is -2.50. The highest BCUT2D eigenvalue weighted by molar-refractivity contribution is 5.99. The lowest BCUT2D eigenvalue weighted by atomic mass is 9.57. The Morgan fingerprint density at radius 3 is 2.34 bits per heavy atom. The Morgan fingerprint density at radius 1 is 0.974 bits per heavy atom. The zero-order chi connectivity index (χ0) is 26.8. The number of amides is 2. The number of fused-ring (bicyclic) bond motifs is 3. The van der Waals surface area contributed by atoms with E-state index in [-0.39, 0.29) is 40.3 Å². The van der Waals surface area contributed by atoms with Crippen molar-refractivity contribution in [2.75, 3.05) is 16.0 Å². The van der Waals surface area contributed by atoms with Crippen molar-refractivity contribution in [3.63, 3.8) is 0 Å². The Kier molecular flexibility index (Phi) is 6.81. The van der Waals surface area contributed by atoms with Gasteiger partial charge in [-0.3, -0.25) is 9.59 Å². The third-order valence-corrected chi connectivity index (χ3v) is 7.38. The van der Waals surface area contributed by atoms with Crippen molar-refractivity contribution in [2.45, 2.75) is 44.1 Å². The highest BCUT2D eigenvalue weighted by atomic mass is 19.1. The zero-order valence-corrected chi connectivity index (χ0v) is 20.8. The van der Waals surface area contributed by atoms with Crippen LogP contribution < -0.4 is 26.4 Å². The molecule has 3 saturated carbocycles. The van der Waals surface area contributed by atoms with Gasteiger partial charge in [-0.2, -0.15) is 9.37 Å². The number of nitrogens with one attached hydrogen (secondary N) is 3. The summed E-state index contributed by atoms with van der Waals surface area (Å²) in [7, 11) is 0. The summed E-state index contributed by atoms with van der Waals surface area (Å²) in [6.45, 7) is 3.41. The first-order chi connectivity index (χ1) is 18.3. The number of halogens is 1. The van der Waals surface area contributed by atoms with Gasteiger partial charge in [-0.05, 0) is 74.9 Å². The van der Waals surface area contributed by atoms with Gasteiger partial charge in [0.25, 0.3) is 5.88 Å². The molecule has 0 atom stereocenters. The molecular formula is C28H29FN6O3. The van der Waals surface area contributed by atoms with Gasteiger partial charge in [0.05, 0.1) is 6.20 Å². The molecule has 9 nitrogen and oxygen atoms in total. The maximum Gasteiger partial charge on any atom is 0.260 e. The number of hydrogen-bond donors (Lipinski definition) is 4. The van der Waals surface area contributed by atoms with Crippen LogP contribution in [0.15, 0.2) is 67.4 Å². The maximum atomic E-state index is 14.4. The summed E-state index contributed by atoms with van der Waals surface area (Å²) in [5, 5.41) is 8.70. The fourth-order valence-corrected chi connectivity index (χ4v) is 5.05. The van der Waals surface area contributed by atoms with Crippen LogP contribution in [0.4, 0.5) is 27.4 Å². The van der Waals surface area contributed by atoms with Crippen molar-refractivity contribution in [2.24, 2.45) is 11.1 Å². The van der Waals surface area contributed by atoms with Crippen molar-refractivity contribution >= 4 is 34.8 Å². The number of anilines is 4. The Bertz CT molecular complexity index is 1370. The quantitative estimate of drug-likeness (QED) is 0.300. The molecule has 1 aromatic heterocycles. The standard InChI is InChI=1S/C28H29FN6O3/c1-2-23(36)32-20-7-4-8-21(16-20)38-24-22(29)17-31-26(35-24)34-19-6-3-5-18(15-19)33-25(37)27-9-12-28(30,13-10-27)14-11-27/h2-8,15-17H,1,9-14,30H2,(H,32,36)(H,33,37)(H,31,34,35). The van der Waals surface area contributed by atoms with Crippen molar-refractivity contribution < 1.29 is 18.7 Å². The fraction of sp³-hybridized carbons (Fsp3) is 0.286. The van der Waals surface area contributed by atoms with Crippen LogP contribution >= 0.6 is 0 Å². The lowest BCUT2D eigenvalue weighted by molar-refractivity contribution is -0.131. The third-order valence-electron chi connectivity index (χ3n) is 7.38. The fourth-order valence-electron chi connectivity index (χ4n) is 5.05. The molecule has 0 saturated heterocycles. The molecule has 0 unspecified atom stereocenters. The van der Waals surface area contributed by atoms with Gasteiger partial charge in [-0.1, -0.05) is 18.7 Å². The van der Waals surface area contributed by atoms with E-state index in [0.717, 1.165) is 50.8 Å². The number of benzene rings is 2. The van der Waals surface area contributed by atoms with Crippen LogP contribution in [0.2, 0.25) is 0 Å². The zero-order valence-electron chi connectivity index (χ0n) is 20.8. The van der Waals surface area contributed by atoms with Gasteiger partial charge in [0.15, 0.2) is 0 Å². The number of ether oxygens (including phenoxy) is 1. The Morgan fingerprint density at radius 2 is 1.63 bits per heavy atom. The van der Waals surface area contributed by atoms with E-state index in [0.29, 0.717) is 17.1 Å². The molecule has 0 aliphatic heterocycles. The van der Waals surface area contributed by atoms with Crippen LogP contribution in [0.1, 0.15) is 38.5 Å². The molecule has 0 radical (unpaired) electrons. The normalized spacial score (nSPS) is 21.8. The van der Waals surface area contributed by atoms with Gasteiger partial charge in [0.1, 0.15) is 5.75 Å². The highest BCUT2D eigenvalue weighted by Crippen LogP contribution is 2.51. The van der Waals surface area contributed by atoms with Crippen molar-refractivity contribution in [3.05, 3.63) is 73.2 Å². The summed E-state index contributed by atoms with van der Waals surface area (Å²) < 4.78 is 20.0. The molecule has 2 bridgehead atoms. The van der Waals surface area contributed by atoms with E-state index >= 15 is 0 Å². The second kappa shape index (κ2) is 10.2. The van der Waals surface area contributed by atoms with Gasteiger partial charge in [-0.25, -0.2) is 4.98 Å². The predicted octanol–water partition coefficient (Wildman–Crippen LogP) is 5.27. The molecule has 3 fully saturated rings. The van der Waals surface area contributed by atoms with Crippen LogP contribution in [0, 0.1) is 11.2 Å². The summed E-state index contributed by atoms with van der Waals surface area (Å²) in [6, 6.07) is 13.6. The summed E-state index contributed by atoms with van der Waals surface area (Å²) in [4.78, 5) is 32.9. The smallest absolute Gasteiger partial charge is 0.260 e. The number of rotatable bonds is 8. The number of nitrogens with two attached hydrogens (primary N) is 1. The molecule has 2 amide bonds. The Balaban J connectivity index is 1.27. The van der Waals surface area contributed by atoms with Crippen LogP contribution in [0.25, 0.3) is 0 Å². The molecule has 5 N–H and O–H groups in total. The largest absolute Gasteiger partial charge is 0.436 e. The molecule has 3 aromatic rings. The van der Waals surface area contributed by atoms with Crippen molar-refractivity contribution in [3.8, 4) is 11.6 Å². The topological polar surface area (TPSA) is 131 Å². The molecule has 2 aromatic carbocycles. The molecule has 3 aliphatic carbocycles. The minimum atomic E-state index is -0.752. The average molecular weight is 517 g/mol. The van der Waals surface area contributed by atoms with Crippen LogP contribution in [0.3, 0.4) is 0 Å². The monoisotopic (exact) mass is 516 g/mol. The van der Waals surface area contributed by atoms with Gasteiger partial charge < -0.3 is 26.4 Å². The van der Waals surface area contributed by atoms with Crippen molar-refractivity contribution in [1.29, 1.82) is 0 Å². The molecule has 6 rings (SSSR count). The first-order valence-corrected chi connectivity index (χ1v) is 12.5. The molecule has 38 heavy (non-hydrogen) atoms. The first-order valence-electron chi connectivity index (χ1n) is 12.5. The van der Waals surface area contributed by atoms with Gasteiger partial charge in [0.2, 0.25) is 23.6 Å². The molecule has 3 aliphatic rings. The van der Waals surface area contributed by atoms with Gasteiger partial charge in [0, 0.05) is 34.1 Å². The highest BCUT2D eigenvalue weighted by Gasteiger charge is 2.50. The number of carbonyl (C=O) groups excluding carboxylic acids is 2. The summed E-state index contributed by atoms with van der Waals surface area (Å²) >= 11 is 0. The summed E-state index contributed by atoms with van der Waals surface area (Å²) in [6.07, 6.45) is 7.20. The summed E-state index contributed by atoms with van der Waals surface area (Å²) in [5.74, 6) is -1.01. The lowest BCUT2D eigenvalue weighted by Crippen LogP contribution is -2.55. The molecule has 1 heterocycles. The van der Waals surface area contributed by atoms with Gasteiger partial charge >= 0.3 is 0 Å². The van der Waals surface area contributed by atoms with Crippen LogP contribution in [-0.4, -0.2) is 27.3 Å². The van der Waals surface area contributed by atoms with Crippen LogP contribution in [0.5, 0.6) is 11.6 Å². The number of hydrogen-bond acceptors (Lipinski definition) is 7. The molecular weight excluding hydrogens is 487 g/mol. The molecule has 196 valence electrons. The number of aromatic nitrogens is 2. The van der Waals surface area contributed by atoms with E-state index < -0.39 is 5.82 Å². The first kappa shape index (κ1) is 25.3. The minimum absolute atomic E-state index is 0.0247. The average Bonchev–Trinajstić information content (AvgIpc) is 2.91. The van der Waals surface area contributed by atoms with E-state index in [1.165, 1.54) is 6.07 Å². The number of nitrogens with zero attached hydrogens (tertiary/aromatic N) is 2. The minimum Gasteiger partial charge on any atom is -0.436 e. The third kappa shape index (κ3) is 5.50. The Labute approximate surface area is 219 Å². The predicted molar refractivity (Wildman–Crippen MR) is 143 cm³/mol. The Hall–Kier alpha value is -4.31. The second-order valence-corrected chi connectivity index (χ2v) is 9.97. The van der Waals surface area contributed by atoms with E-state index in [1.54, 1.807) is 36.4 Å². The van der Waals surface area contributed by atoms with E-state index in [1.807, 2.05) is 6.07 Å². The van der Waals surface area contributed by atoms with Crippen LogP contribution in [-0.2, 0) is 9.59 Å². The van der Waals surface area contributed by atoms with E-state index in [9.17, 15) is 14.0 Å². The molecule has 10 heteroatoms. The number of carbonyl (C=O) groups is 2. The second-order valence-electron chi connectivity index (χ2n) is 9.97.